The predicted molar refractivity (Wildman–Crippen MR) is 103 cm³/mol. The zero-order valence-corrected chi connectivity index (χ0v) is 16.5. The Morgan fingerprint density at radius 3 is 2.60 bits per heavy atom. The summed E-state index contributed by atoms with van der Waals surface area (Å²) >= 11 is 1.33. The first kappa shape index (κ1) is 19.9. The number of fused-ring (bicyclic) bond motifs is 1. The van der Waals surface area contributed by atoms with Crippen molar-refractivity contribution in [1.82, 2.24) is 23.7 Å². The Morgan fingerprint density at radius 1 is 1.17 bits per heavy atom. The normalized spacial score (nSPS) is 11.9. The molecule has 0 unspecified atom stereocenters. The standard InChI is InChI=1S/C18H14F3N5O3S/c1-24-14-13(15(27)25(2)17(24)28)26(9-12-22-6-7-30-12)16(23-14)29-11-5-3-4-10(8-11)18(19,20)21/h3-8H,9H2,1-2H3. The molecule has 12 heteroatoms. The van der Waals surface area contributed by atoms with E-state index in [2.05, 4.69) is 9.97 Å². The number of rotatable bonds is 4. The molecule has 156 valence electrons. The Balaban J connectivity index is 1.91. The van der Waals surface area contributed by atoms with Gasteiger partial charge in [-0.3, -0.25) is 18.5 Å². The van der Waals surface area contributed by atoms with Gasteiger partial charge in [0.2, 0.25) is 0 Å². The summed E-state index contributed by atoms with van der Waals surface area (Å²) in [6, 6.07) is 4.19. The third-order valence-corrected chi connectivity index (χ3v) is 5.22. The molecule has 0 aliphatic heterocycles. The van der Waals surface area contributed by atoms with Crippen molar-refractivity contribution in [3.8, 4) is 11.8 Å². The molecule has 0 saturated heterocycles. The van der Waals surface area contributed by atoms with Gasteiger partial charge in [-0.1, -0.05) is 6.07 Å². The van der Waals surface area contributed by atoms with Crippen LogP contribution in [0.3, 0.4) is 0 Å². The molecule has 0 spiro atoms. The van der Waals surface area contributed by atoms with Gasteiger partial charge in [0.25, 0.3) is 5.56 Å². The average Bonchev–Trinajstić information content (AvgIpc) is 3.33. The smallest absolute Gasteiger partial charge is 0.416 e. The van der Waals surface area contributed by atoms with Crippen molar-refractivity contribution in [3.63, 3.8) is 0 Å². The van der Waals surface area contributed by atoms with E-state index < -0.39 is 23.0 Å². The second-order valence-corrected chi connectivity index (χ2v) is 7.39. The first-order chi connectivity index (χ1) is 14.2. The Morgan fingerprint density at radius 2 is 1.93 bits per heavy atom. The first-order valence-corrected chi connectivity index (χ1v) is 9.44. The maximum Gasteiger partial charge on any atom is 0.416 e. The van der Waals surface area contributed by atoms with Gasteiger partial charge >= 0.3 is 17.9 Å². The van der Waals surface area contributed by atoms with E-state index in [-0.39, 0.29) is 29.5 Å². The molecule has 30 heavy (non-hydrogen) atoms. The number of benzene rings is 1. The zero-order valence-electron chi connectivity index (χ0n) is 15.7. The quantitative estimate of drug-likeness (QED) is 0.490. The molecule has 8 nitrogen and oxygen atoms in total. The van der Waals surface area contributed by atoms with Crippen molar-refractivity contribution in [2.45, 2.75) is 12.7 Å². The van der Waals surface area contributed by atoms with E-state index >= 15 is 0 Å². The largest absolute Gasteiger partial charge is 0.425 e. The van der Waals surface area contributed by atoms with Gasteiger partial charge in [0.05, 0.1) is 12.1 Å². The number of alkyl halides is 3. The molecule has 0 aliphatic rings. The lowest BCUT2D eigenvalue weighted by Gasteiger charge is -2.11. The van der Waals surface area contributed by atoms with Gasteiger partial charge in [0, 0.05) is 25.7 Å². The summed E-state index contributed by atoms with van der Waals surface area (Å²) in [5.41, 5.74) is -1.93. The van der Waals surface area contributed by atoms with Gasteiger partial charge in [-0.05, 0) is 18.2 Å². The van der Waals surface area contributed by atoms with E-state index in [4.69, 9.17) is 4.74 Å². The number of hydrogen-bond donors (Lipinski definition) is 0. The predicted octanol–water partition coefficient (Wildman–Crippen LogP) is 2.75. The monoisotopic (exact) mass is 437 g/mol. The topological polar surface area (TPSA) is 83.9 Å². The van der Waals surface area contributed by atoms with Gasteiger partial charge < -0.3 is 4.74 Å². The molecule has 4 rings (SSSR count). The van der Waals surface area contributed by atoms with Crippen LogP contribution in [-0.2, 0) is 26.8 Å². The van der Waals surface area contributed by atoms with Crippen LogP contribution in [0.4, 0.5) is 13.2 Å². The van der Waals surface area contributed by atoms with E-state index in [1.165, 1.54) is 46.7 Å². The highest BCUT2D eigenvalue weighted by Crippen LogP contribution is 2.33. The van der Waals surface area contributed by atoms with Gasteiger partial charge in [0.1, 0.15) is 10.8 Å². The van der Waals surface area contributed by atoms with Crippen LogP contribution < -0.4 is 16.0 Å². The van der Waals surface area contributed by atoms with Crippen molar-refractivity contribution in [2.24, 2.45) is 14.1 Å². The van der Waals surface area contributed by atoms with Crippen molar-refractivity contribution in [1.29, 1.82) is 0 Å². The second-order valence-electron chi connectivity index (χ2n) is 6.41. The van der Waals surface area contributed by atoms with E-state index in [1.54, 1.807) is 11.6 Å². The lowest BCUT2D eigenvalue weighted by molar-refractivity contribution is -0.137. The highest BCUT2D eigenvalue weighted by Gasteiger charge is 2.31. The van der Waals surface area contributed by atoms with E-state index in [9.17, 15) is 22.8 Å². The molecule has 0 amide bonds. The summed E-state index contributed by atoms with van der Waals surface area (Å²) in [7, 11) is 2.77. The third-order valence-electron chi connectivity index (χ3n) is 4.46. The summed E-state index contributed by atoms with van der Waals surface area (Å²) in [6.45, 7) is 0.0932. The Labute approximate surface area is 170 Å². The molecular weight excluding hydrogens is 423 g/mol. The van der Waals surface area contributed by atoms with E-state index in [1.807, 2.05) is 0 Å². The molecule has 0 fully saturated rings. The van der Waals surface area contributed by atoms with Crippen LogP contribution in [0.25, 0.3) is 11.2 Å². The van der Waals surface area contributed by atoms with Crippen molar-refractivity contribution in [2.75, 3.05) is 0 Å². The third kappa shape index (κ3) is 3.38. The molecule has 0 aliphatic carbocycles. The molecule has 0 radical (unpaired) electrons. The summed E-state index contributed by atoms with van der Waals surface area (Å²) in [6.07, 6.45) is -2.96. The SMILES string of the molecule is Cn1c(=O)c2c(nc(Oc3cccc(C(F)(F)F)c3)n2Cc2nccs2)n(C)c1=O. The second kappa shape index (κ2) is 7.13. The van der Waals surface area contributed by atoms with Crippen LogP contribution in [0, 0.1) is 0 Å². The average molecular weight is 437 g/mol. The summed E-state index contributed by atoms with van der Waals surface area (Å²) in [5.74, 6) is -0.109. The minimum atomic E-state index is -4.54. The number of aromatic nitrogens is 5. The summed E-state index contributed by atoms with van der Waals surface area (Å²) in [4.78, 5) is 33.4. The van der Waals surface area contributed by atoms with Crippen LogP contribution in [0.5, 0.6) is 11.8 Å². The number of hydrogen-bond acceptors (Lipinski definition) is 6. The lowest BCUT2D eigenvalue weighted by Crippen LogP contribution is -2.37. The molecular formula is C18H14F3N5O3S. The number of thiazole rings is 1. The van der Waals surface area contributed by atoms with Crippen molar-refractivity contribution >= 4 is 22.5 Å². The van der Waals surface area contributed by atoms with E-state index in [0.717, 1.165) is 16.7 Å². The van der Waals surface area contributed by atoms with Crippen LogP contribution in [0.15, 0.2) is 45.4 Å². The van der Waals surface area contributed by atoms with Gasteiger partial charge in [-0.2, -0.15) is 18.2 Å². The van der Waals surface area contributed by atoms with Crippen molar-refractivity contribution in [3.05, 3.63) is 67.3 Å². The number of ether oxygens (including phenoxy) is 1. The summed E-state index contributed by atoms with van der Waals surface area (Å²) in [5, 5.41) is 2.37. The fourth-order valence-electron chi connectivity index (χ4n) is 2.96. The van der Waals surface area contributed by atoms with Gasteiger partial charge in [0.15, 0.2) is 11.2 Å². The first-order valence-electron chi connectivity index (χ1n) is 8.56. The summed E-state index contributed by atoms with van der Waals surface area (Å²) < 4.78 is 48.2. The molecule has 3 aromatic heterocycles. The maximum atomic E-state index is 13.0. The Kier molecular flexibility index (Phi) is 4.73. The molecule has 0 saturated carbocycles. The maximum absolute atomic E-state index is 13.0. The molecule has 4 aromatic rings. The lowest BCUT2D eigenvalue weighted by atomic mass is 10.2. The number of aryl methyl sites for hydroxylation is 1. The number of nitrogens with zero attached hydrogens (tertiary/aromatic N) is 5. The highest BCUT2D eigenvalue weighted by atomic mass is 32.1. The van der Waals surface area contributed by atoms with E-state index in [0.29, 0.717) is 5.01 Å². The minimum absolute atomic E-state index is 0.0571. The Hall–Kier alpha value is -3.41. The number of halogens is 3. The van der Waals surface area contributed by atoms with Crippen LogP contribution in [0.2, 0.25) is 0 Å². The van der Waals surface area contributed by atoms with Crippen LogP contribution in [0.1, 0.15) is 10.6 Å². The molecule has 0 N–H and O–H groups in total. The molecule has 0 atom stereocenters. The zero-order chi connectivity index (χ0) is 21.6. The Bertz CT molecular complexity index is 1350. The molecule has 1 aromatic carbocycles. The van der Waals surface area contributed by atoms with Crippen LogP contribution >= 0.6 is 11.3 Å². The highest BCUT2D eigenvalue weighted by molar-refractivity contribution is 7.09. The fraction of sp³-hybridized carbons (Fsp3) is 0.222. The fourth-order valence-corrected chi connectivity index (χ4v) is 3.56. The van der Waals surface area contributed by atoms with Gasteiger partial charge in [-0.25, -0.2) is 9.78 Å². The minimum Gasteiger partial charge on any atom is -0.425 e. The van der Waals surface area contributed by atoms with Gasteiger partial charge in [-0.15, -0.1) is 11.3 Å². The van der Waals surface area contributed by atoms with Crippen molar-refractivity contribution < 1.29 is 17.9 Å². The molecule has 3 heterocycles. The number of imidazole rings is 1. The van der Waals surface area contributed by atoms with Crippen LogP contribution in [-0.4, -0.2) is 23.7 Å². The molecule has 0 bridgehead atoms.